The Kier molecular flexibility index (Phi) is 8.61. The molecule has 178 valence electrons. The number of hydrogen-bond donors (Lipinski definition) is 1. The molecule has 2 aliphatic rings. The van der Waals surface area contributed by atoms with Gasteiger partial charge < -0.3 is 19.2 Å². The van der Waals surface area contributed by atoms with Gasteiger partial charge >= 0.3 is 35.6 Å². The van der Waals surface area contributed by atoms with Crippen molar-refractivity contribution in [1.82, 2.24) is 25.1 Å². The Hall–Kier alpha value is -1.26. The Bertz CT molecular complexity index is 1040. The summed E-state index contributed by atoms with van der Waals surface area (Å²) in [7, 11) is -6.97. The van der Waals surface area contributed by atoms with E-state index in [0.717, 1.165) is 0 Å². The maximum atomic E-state index is 12.4. The van der Waals surface area contributed by atoms with Gasteiger partial charge in [0.25, 0.3) is 5.91 Å². The number of nitrogens with one attached hydrogen (secondary N) is 1. The predicted molar refractivity (Wildman–Crippen MR) is 115 cm³/mol. The number of fused-ring (bicyclic) bond motifs is 2. The van der Waals surface area contributed by atoms with E-state index in [1.165, 1.54) is 15.6 Å². The van der Waals surface area contributed by atoms with Gasteiger partial charge in [-0.25, -0.2) is 17.9 Å². The molecule has 1 saturated heterocycles. The van der Waals surface area contributed by atoms with Gasteiger partial charge in [0.15, 0.2) is 14.0 Å². The van der Waals surface area contributed by atoms with Crippen molar-refractivity contribution in [3.8, 4) is 0 Å². The zero-order valence-corrected chi connectivity index (χ0v) is 23.5. The third kappa shape index (κ3) is 6.66. The molecule has 3 rings (SSSR count). The molecule has 3 heterocycles. The molecule has 0 saturated carbocycles. The molecule has 1 atom stereocenters. The van der Waals surface area contributed by atoms with Crippen LogP contribution in [0.15, 0.2) is 18.3 Å². The van der Waals surface area contributed by atoms with Crippen LogP contribution < -0.4 is 34.9 Å². The number of urea groups is 1. The zero-order valence-electron chi connectivity index (χ0n) is 19.7. The van der Waals surface area contributed by atoms with E-state index in [1.54, 1.807) is 12.3 Å². The fourth-order valence-corrected chi connectivity index (χ4v) is 4.52. The number of aromatic nitrogens is 2. The average molecular weight is 510 g/mol. The molecule has 1 aromatic rings. The third-order valence-electron chi connectivity index (χ3n) is 5.85. The second-order valence-electron chi connectivity index (χ2n) is 9.21. The minimum Gasteiger partial charge on any atom is -0.724 e. The summed E-state index contributed by atoms with van der Waals surface area (Å²) in [6, 6.07) is 0.0472. The molecule has 0 spiro atoms. The van der Waals surface area contributed by atoms with Gasteiger partial charge in [0, 0.05) is 19.3 Å². The molecule has 15 heteroatoms. The third-order valence-corrected chi connectivity index (χ3v) is 10.7. The van der Waals surface area contributed by atoms with Crippen molar-refractivity contribution >= 4 is 36.4 Å². The van der Waals surface area contributed by atoms with Crippen LogP contribution in [-0.4, -0.2) is 85.3 Å². The number of amides is 3. The van der Waals surface area contributed by atoms with E-state index in [2.05, 4.69) is 48.6 Å². The van der Waals surface area contributed by atoms with Gasteiger partial charge in [-0.2, -0.15) is 14.4 Å². The molecule has 1 N–H and O–H groups in total. The molecule has 0 radical (unpaired) electrons. The SMILES string of the molecule is CC(C)(C)[Si](C)(C)OCCNC(=O)c1ccn(C2=CC3CN(C2)C(=O)N3OS(=O)(=O)[O-])n1.[Na+]. The summed E-state index contributed by atoms with van der Waals surface area (Å²) in [4.78, 5) is 26.0. The van der Waals surface area contributed by atoms with Gasteiger partial charge in [0.2, 0.25) is 10.4 Å². The minimum absolute atomic E-state index is 0. The van der Waals surface area contributed by atoms with Crippen LogP contribution in [0.2, 0.25) is 18.1 Å². The molecule has 33 heavy (non-hydrogen) atoms. The zero-order chi connectivity index (χ0) is 23.9. The van der Waals surface area contributed by atoms with Gasteiger partial charge in [-0.15, -0.1) is 0 Å². The quantitative estimate of drug-likeness (QED) is 0.183. The first-order chi connectivity index (χ1) is 14.7. The number of hydroxylamine groups is 2. The minimum atomic E-state index is -5.08. The van der Waals surface area contributed by atoms with Crippen LogP contribution in [0, 0.1) is 0 Å². The van der Waals surface area contributed by atoms with E-state index in [1.807, 2.05) is 0 Å². The number of hydrogen-bond acceptors (Lipinski definition) is 8. The molecular formula is C18H28N5NaO7SSi. The van der Waals surface area contributed by atoms with Crippen LogP contribution in [0.1, 0.15) is 31.3 Å². The van der Waals surface area contributed by atoms with Gasteiger partial charge in [0.05, 0.1) is 18.8 Å². The Balaban J connectivity index is 0.00000385. The van der Waals surface area contributed by atoms with Gasteiger partial charge in [-0.05, 0) is 30.3 Å². The Labute approximate surface area is 216 Å². The summed E-state index contributed by atoms with van der Waals surface area (Å²) >= 11 is 0. The second-order valence-corrected chi connectivity index (χ2v) is 15.0. The average Bonchev–Trinajstić information content (AvgIpc) is 3.23. The van der Waals surface area contributed by atoms with Crippen LogP contribution >= 0.6 is 0 Å². The number of carbonyl (C=O) groups is 2. The van der Waals surface area contributed by atoms with E-state index in [4.69, 9.17) is 4.43 Å². The normalized spacial score (nSPS) is 18.8. The van der Waals surface area contributed by atoms with Crippen molar-refractivity contribution in [1.29, 1.82) is 0 Å². The first-order valence-corrected chi connectivity index (χ1v) is 14.3. The van der Waals surface area contributed by atoms with E-state index in [-0.39, 0.29) is 59.3 Å². The van der Waals surface area contributed by atoms with Crippen molar-refractivity contribution < 1.29 is 60.8 Å². The van der Waals surface area contributed by atoms with Crippen LogP contribution in [0.5, 0.6) is 0 Å². The molecule has 1 unspecified atom stereocenters. The van der Waals surface area contributed by atoms with Crippen molar-refractivity contribution in [3.05, 3.63) is 24.0 Å². The Morgan fingerprint density at radius 2 is 2.03 bits per heavy atom. The van der Waals surface area contributed by atoms with Crippen molar-refractivity contribution in [2.24, 2.45) is 0 Å². The van der Waals surface area contributed by atoms with E-state index < -0.39 is 30.8 Å². The fraction of sp³-hybridized carbons (Fsp3) is 0.611. The Morgan fingerprint density at radius 3 is 2.64 bits per heavy atom. The van der Waals surface area contributed by atoms with Gasteiger partial charge in [-0.3, -0.25) is 4.79 Å². The maximum Gasteiger partial charge on any atom is 1.00 e. The second kappa shape index (κ2) is 10.2. The number of nitrogens with zero attached hydrogens (tertiary/aromatic N) is 4. The molecule has 1 fully saturated rings. The Morgan fingerprint density at radius 1 is 1.36 bits per heavy atom. The van der Waals surface area contributed by atoms with Crippen molar-refractivity contribution in [2.75, 3.05) is 26.2 Å². The summed E-state index contributed by atoms with van der Waals surface area (Å²) < 4.78 is 44.4. The first kappa shape index (κ1) is 28.0. The molecule has 12 nitrogen and oxygen atoms in total. The largest absolute Gasteiger partial charge is 1.00 e. The van der Waals surface area contributed by atoms with Gasteiger partial charge in [-0.1, -0.05) is 20.8 Å². The molecule has 0 aliphatic carbocycles. The van der Waals surface area contributed by atoms with Crippen LogP contribution in [-0.2, 0) is 19.1 Å². The summed E-state index contributed by atoms with van der Waals surface area (Å²) in [5, 5.41) is 7.65. The predicted octanol–water partition coefficient (Wildman–Crippen LogP) is -2.01. The number of rotatable bonds is 8. The van der Waals surface area contributed by atoms with Gasteiger partial charge in [0.1, 0.15) is 6.04 Å². The van der Waals surface area contributed by atoms with E-state index in [9.17, 15) is 22.6 Å². The van der Waals surface area contributed by atoms with Crippen molar-refractivity contribution in [2.45, 2.75) is 44.9 Å². The maximum absolute atomic E-state index is 12.4. The summed E-state index contributed by atoms with van der Waals surface area (Å²) in [6.45, 7) is 11.8. The standard InChI is InChI=1S/C18H29N5O7SSi.Na/c1-18(2,3)32(4,5)29-9-7-19-16(24)15-6-8-22(20-15)13-10-14-12-21(11-13)17(25)23(14)30-31(26,27)28;/h6,8,10,14H,7,9,11-12H2,1-5H3,(H,19,24)(H,26,27,28);/q;+1/p-1. The smallest absolute Gasteiger partial charge is 0.724 e. The molecule has 0 aromatic carbocycles. The molecular weight excluding hydrogens is 481 g/mol. The summed E-state index contributed by atoms with van der Waals surface area (Å²) in [6.07, 6.45) is 3.15. The summed E-state index contributed by atoms with van der Waals surface area (Å²) in [5.41, 5.74) is 0.733. The first-order valence-electron chi connectivity index (χ1n) is 10.1. The van der Waals surface area contributed by atoms with E-state index in [0.29, 0.717) is 23.9 Å². The molecule has 2 aliphatic heterocycles. The molecule has 1 aromatic heterocycles. The van der Waals surface area contributed by atoms with Crippen LogP contribution in [0.4, 0.5) is 4.79 Å². The monoisotopic (exact) mass is 509 g/mol. The van der Waals surface area contributed by atoms with Crippen LogP contribution in [0.25, 0.3) is 5.70 Å². The summed E-state index contributed by atoms with van der Waals surface area (Å²) in [5.74, 6) is -0.360. The van der Waals surface area contributed by atoms with E-state index >= 15 is 0 Å². The topological polar surface area (TPSA) is 146 Å². The van der Waals surface area contributed by atoms with Crippen molar-refractivity contribution in [3.63, 3.8) is 0 Å². The fourth-order valence-electron chi connectivity index (χ4n) is 3.10. The molecule has 3 amide bonds. The molecule has 2 bridgehead atoms. The number of carbonyl (C=O) groups excluding carboxylic acids is 2. The van der Waals surface area contributed by atoms with Crippen LogP contribution in [0.3, 0.4) is 0 Å².